The maximum absolute atomic E-state index is 13.5. The van der Waals surface area contributed by atoms with Gasteiger partial charge in [-0.15, -0.1) is 16.4 Å². The quantitative estimate of drug-likeness (QED) is 0.485. The van der Waals surface area contributed by atoms with E-state index < -0.39 is 42.2 Å². The van der Waals surface area contributed by atoms with E-state index in [1.807, 2.05) is 5.38 Å². The molecule has 3 aromatic rings. The SMILES string of the molecule is OC[C@H]1O[C@H](Sc2ccc(F)c(Br)c2)[C@H](O)[C@@H](n2cc(-c3nccs3)nn2)[C@H]1O. The number of halogens is 2. The Bertz CT molecular complexity index is 976. The van der Waals surface area contributed by atoms with E-state index in [0.29, 0.717) is 15.6 Å². The van der Waals surface area contributed by atoms with Crippen molar-refractivity contribution in [2.45, 2.75) is 34.7 Å². The first kappa shape index (κ1) is 20.8. The van der Waals surface area contributed by atoms with E-state index in [1.165, 1.54) is 22.1 Å². The van der Waals surface area contributed by atoms with E-state index in [-0.39, 0.29) is 4.47 Å². The van der Waals surface area contributed by atoms with E-state index in [0.717, 1.165) is 11.8 Å². The van der Waals surface area contributed by atoms with Gasteiger partial charge in [0, 0.05) is 16.5 Å². The number of rotatable bonds is 5. The van der Waals surface area contributed by atoms with Gasteiger partial charge in [0.1, 0.15) is 46.3 Å². The first-order valence-electron chi connectivity index (χ1n) is 8.54. The largest absolute Gasteiger partial charge is 0.394 e. The van der Waals surface area contributed by atoms with Gasteiger partial charge >= 0.3 is 0 Å². The molecule has 8 nitrogen and oxygen atoms in total. The molecule has 2 aromatic heterocycles. The smallest absolute Gasteiger partial charge is 0.145 e. The second kappa shape index (κ2) is 8.76. The first-order valence-corrected chi connectivity index (χ1v) is 11.1. The minimum Gasteiger partial charge on any atom is -0.394 e. The molecule has 1 aliphatic heterocycles. The van der Waals surface area contributed by atoms with E-state index in [2.05, 4.69) is 31.2 Å². The van der Waals surface area contributed by atoms with Crippen LogP contribution < -0.4 is 0 Å². The summed E-state index contributed by atoms with van der Waals surface area (Å²) in [7, 11) is 0. The first-order chi connectivity index (χ1) is 14.0. The molecular weight excluding hydrogens is 487 g/mol. The van der Waals surface area contributed by atoms with Crippen molar-refractivity contribution in [3.63, 3.8) is 0 Å². The summed E-state index contributed by atoms with van der Waals surface area (Å²) in [6.07, 6.45) is -0.0827. The minimum absolute atomic E-state index is 0.285. The van der Waals surface area contributed by atoms with Crippen LogP contribution in [0.1, 0.15) is 6.04 Å². The van der Waals surface area contributed by atoms with Crippen molar-refractivity contribution in [1.29, 1.82) is 0 Å². The molecule has 4 rings (SSSR count). The van der Waals surface area contributed by atoms with Gasteiger partial charge in [-0.05, 0) is 34.1 Å². The number of thiazole rings is 1. The summed E-state index contributed by atoms with van der Waals surface area (Å²) >= 11 is 5.68. The van der Waals surface area contributed by atoms with Crippen LogP contribution in [0.3, 0.4) is 0 Å². The molecule has 154 valence electrons. The number of thioether (sulfide) groups is 1. The molecule has 0 spiro atoms. The normalized spacial score (nSPS) is 27.3. The molecule has 29 heavy (non-hydrogen) atoms. The third-order valence-electron chi connectivity index (χ3n) is 4.46. The Kier molecular flexibility index (Phi) is 6.30. The predicted molar refractivity (Wildman–Crippen MR) is 108 cm³/mol. The van der Waals surface area contributed by atoms with Crippen LogP contribution in [0.5, 0.6) is 0 Å². The monoisotopic (exact) mass is 502 g/mol. The molecule has 0 unspecified atom stereocenters. The summed E-state index contributed by atoms with van der Waals surface area (Å²) < 4.78 is 20.8. The van der Waals surface area contributed by atoms with Crippen molar-refractivity contribution < 1.29 is 24.4 Å². The number of aliphatic hydroxyl groups is 3. The van der Waals surface area contributed by atoms with Crippen LogP contribution in [-0.4, -0.2) is 65.7 Å². The van der Waals surface area contributed by atoms with Crippen molar-refractivity contribution in [3.05, 3.63) is 46.3 Å². The van der Waals surface area contributed by atoms with Crippen LogP contribution in [0.25, 0.3) is 10.7 Å². The third kappa shape index (κ3) is 4.24. The van der Waals surface area contributed by atoms with E-state index in [1.54, 1.807) is 24.5 Å². The fourth-order valence-corrected chi connectivity index (χ4v) is 5.25. The third-order valence-corrected chi connectivity index (χ3v) is 7.01. The predicted octanol–water partition coefficient (Wildman–Crippen LogP) is 2.08. The average Bonchev–Trinajstić information content (AvgIpc) is 3.39. The molecular formula is C17H16BrFN4O4S2. The zero-order valence-electron chi connectivity index (χ0n) is 14.7. The lowest BCUT2D eigenvalue weighted by atomic mass is 9.97. The highest BCUT2D eigenvalue weighted by molar-refractivity contribution is 9.10. The van der Waals surface area contributed by atoms with Crippen molar-refractivity contribution in [3.8, 4) is 10.7 Å². The number of hydrogen-bond acceptors (Lipinski definition) is 9. The Balaban J connectivity index is 1.61. The lowest BCUT2D eigenvalue weighted by Gasteiger charge is -2.41. The summed E-state index contributed by atoms with van der Waals surface area (Å²) in [5.41, 5.74) is -0.316. The van der Waals surface area contributed by atoms with Gasteiger partial charge in [0.05, 0.1) is 17.3 Å². The van der Waals surface area contributed by atoms with Gasteiger partial charge in [0.25, 0.3) is 0 Å². The maximum atomic E-state index is 13.5. The van der Waals surface area contributed by atoms with Crippen LogP contribution in [0, 0.1) is 5.82 Å². The molecule has 5 atom stereocenters. The zero-order valence-corrected chi connectivity index (χ0v) is 17.9. The van der Waals surface area contributed by atoms with Crippen LogP contribution in [0.4, 0.5) is 4.39 Å². The number of aliphatic hydroxyl groups excluding tert-OH is 3. The van der Waals surface area contributed by atoms with Gasteiger partial charge in [-0.25, -0.2) is 14.1 Å². The fraction of sp³-hybridized carbons (Fsp3) is 0.353. The molecule has 3 heterocycles. The van der Waals surface area contributed by atoms with Crippen molar-refractivity contribution in [2.24, 2.45) is 0 Å². The standard InChI is InChI=1S/C17H16BrFN4O4S2/c18-9-5-8(1-2-10(9)19)29-17-15(26)13(14(25)12(7-24)27-17)23-6-11(21-22-23)16-20-3-4-28-16/h1-6,12-15,17,24-26H,7H2/t12-,13+,14+,15-,17-/m1/s1. The van der Waals surface area contributed by atoms with E-state index in [4.69, 9.17) is 4.74 Å². The number of nitrogens with zero attached hydrogens (tertiary/aromatic N) is 4. The van der Waals surface area contributed by atoms with Gasteiger partial charge < -0.3 is 20.1 Å². The van der Waals surface area contributed by atoms with E-state index in [9.17, 15) is 19.7 Å². The molecule has 0 saturated carbocycles. The lowest BCUT2D eigenvalue weighted by molar-refractivity contribution is -0.178. The Hall–Kier alpha value is -1.41. The summed E-state index contributed by atoms with van der Waals surface area (Å²) in [6, 6.07) is 3.53. The highest BCUT2D eigenvalue weighted by atomic mass is 79.9. The molecule has 0 amide bonds. The number of ether oxygens (including phenoxy) is 1. The van der Waals surface area contributed by atoms with Gasteiger partial charge in [0.2, 0.25) is 0 Å². The Morgan fingerprint density at radius 1 is 1.31 bits per heavy atom. The molecule has 1 saturated heterocycles. The molecule has 0 radical (unpaired) electrons. The fourth-order valence-electron chi connectivity index (χ4n) is 3.03. The van der Waals surface area contributed by atoms with Gasteiger partial charge in [-0.3, -0.25) is 0 Å². The molecule has 12 heteroatoms. The summed E-state index contributed by atoms with van der Waals surface area (Å²) in [4.78, 5) is 4.82. The van der Waals surface area contributed by atoms with Crippen LogP contribution in [0.15, 0.2) is 45.3 Å². The Morgan fingerprint density at radius 2 is 2.14 bits per heavy atom. The molecule has 0 bridgehead atoms. The zero-order chi connectivity index (χ0) is 20.5. The van der Waals surface area contributed by atoms with Crippen molar-refractivity contribution >= 4 is 39.0 Å². The second-order valence-electron chi connectivity index (χ2n) is 6.31. The number of aromatic nitrogens is 4. The van der Waals surface area contributed by atoms with Crippen molar-refractivity contribution in [1.82, 2.24) is 20.0 Å². The highest BCUT2D eigenvalue weighted by Gasteiger charge is 2.46. The number of benzene rings is 1. The van der Waals surface area contributed by atoms with Crippen LogP contribution >= 0.6 is 39.0 Å². The van der Waals surface area contributed by atoms with E-state index >= 15 is 0 Å². The van der Waals surface area contributed by atoms with Crippen molar-refractivity contribution in [2.75, 3.05) is 6.61 Å². The Labute approximate surface area is 181 Å². The summed E-state index contributed by atoms with van der Waals surface area (Å²) in [5.74, 6) is -0.404. The molecule has 1 aliphatic rings. The minimum atomic E-state index is -1.21. The molecule has 0 aliphatic carbocycles. The summed E-state index contributed by atoms with van der Waals surface area (Å²) in [5, 5.41) is 41.8. The average molecular weight is 503 g/mol. The molecule has 1 fully saturated rings. The topological polar surface area (TPSA) is 114 Å². The van der Waals surface area contributed by atoms with Gasteiger partial charge in [0.15, 0.2) is 0 Å². The highest BCUT2D eigenvalue weighted by Crippen LogP contribution is 2.39. The number of hydrogen-bond donors (Lipinski definition) is 3. The molecule has 3 N–H and O–H groups in total. The summed E-state index contributed by atoms with van der Waals surface area (Å²) in [6.45, 7) is -0.442. The Morgan fingerprint density at radius 3 is 2.83 bits per heavy atom. The maximum Gasteiger partial charge on any atom is 0.145 e. The van der Waals surface area contributed by atoms with Crippen LogP contribution in [0.2, 0.25) is 0 Å². The van der Waals surface area contributed by atoms with Gasteiger partial charge in [-0.1, -0.05) is 17.0 Å². The second-order valence-corrected chi connectivity index (χ2v) is 9.23. The lowest BCUT2D eigenvalue weighted by Crippen LogP contribution is -2.55. The van der Waals surface area contributed by atoms with Crippen LogP contribution in [-0.2, 0) is 4.74 Å². The molecule has 1 aromatic carbocycles. The van der Waals surface area contributed by atoms with Gasteiger partial charge in [-0.2, -0.15) is 0 Å².